The molecule has 0 fully saturated rings. The summed E-state index contributed by atoms with van der Waals surface area (Å²) >= 11 is 11.4. The van der Waals surface area contributed by atoms with Gasteiger partial charge in [0.25, 0.3) is 0 Å². The lowest BCUT2D eigenvalue weighted by atomic mass is 10.1. The van der Waals surface area contributed by atoms with Gasteiger partial charge < -0.3 is 4.74 Å². The number of hydrogen-bond donors (Lipinski definition) is 0. The molecule has 5 heteroatoms. The molecule has 0 saturated carbocycles. The van der Waals surface area contributed by atoms with Crippen LogP contribution in [0, 0.1) is 5.82 Å². The minimum absolute atomic E-state index is 0.330. The first-order valence-corrected chi connectivity index (χ1v) is 6.06. The van der Waals surface area contributed by atoms with E-state index in [0.29, 0.717) is 21.6 Å². The highest BCUT2D eigenvalue weighted by Crippen LogP contribution is 2.25. The molecule has 2 aromatic rings. The van der Waals surface area contributed by atoms with Crippen molar-refractivity contribution in [1.29, 1.82) is 0 Å². The summed E-state index contributed by atoms with van der Waals surface area (Å²) in [6.07, 6.45) is -0.478. The van der Waals surface area contributed by atoms with E-state index < -0.39 is 11.9 Å². The fourth-order valence-corrected chi connectivity index (χ4v) is 1.85. The Kier molecular flexibility index (Phi) is 4.04. The number of ether oxygens (including phenoxy) is 1. The molecule has 0 aliphatic heterocycles. The fraction of sp³-hybridized carbons (Fsp3) is 0.154. The lowest BCUT2D eigenvalue weighted by Gasteiger charge is -2.15. The summed E-state index contributed by atoms with van der Waals surface area (Å²) in [5.74, 6) is -0.0543. The molecule has 0 amide bonds. The topological polar surface area (TPSA) is 22.1 Å². The number of benzene rings is 1. The smallest absolute Gasteiger partial charge is 0.215 e. The molecule has 0 radical (unpaired) electrons. The van der Waals surface area contributed by atoms with Gasteiger partial charge in [-0.1, -0.05) is 35.3 Å². The second kappa shape index (κ2) is 5.55. The van der Waals surface area contributed by atoms with E-state index in [1.54, 1.807) is 37.3 Å². The first-order valence-electron chi connectivity index (χ1n) is 5.30. The third kappa shape index (κ3) is 3.12. The Bertz CT molecular complexity index is 562. The molecule has 94 valence electrons. The van der Waals surface area contributed by atoms with Crippen LogP contribution in [0.1, 0.15) is 18.6 Å². The molecule has 18 heavy (non-hydrogen) atoms. The van der Waals surface area contributed by atoms with E-state index in [1.165, 1.54) is 6.07 Å². The second-order valence-corrected chi connectivity index (χ2v) is 4.55. The first kappa shape index (κ1) is 13.1. The van der Waals surface area contributed by atoms with Crippen LogP contribution in [0.2, 0.25) is 10.2 Å². The summed E-state index contributed by atoms with van der Waals surface area (Å²) in [5.41, 5.74) is 0.418. The van der Waals surface area contributed by atoms with Crippen molar-refractivity contribution in [2.24, 2.45) is 0 Å². The zero-order valence-corrected chi connectivity index (χ0v) is 11.0. The Morgan fingerprint density at radius 1 is 1.22 bits per heavy atom. The Labute approximate surface area is 114 Å². The SMILES string of the molecule is CC(Oc1cccc(Cl)n1)c1ccc(Cl)cc1F. The van der Waals surface area contributed by atoms with Gasteiger partial charge in [-0.3, -0.25) is 0 Å². The van der Waals surface area contributed by atoms with Crippen molar-refractivity contribution < 1.29 is 9.13 Å². The van der Waals surface area contributed by atoms with Gasteiger partial charge in [-0.15, -0.1) is 0 Å². The number of hydrogen-bond acceptors (Lipinski definition) is 2. The van der Waals surface area contributed by atoms with Crippen LogP contribution < -0.4 is 4.74 Å². The number of pyridine rings is 1. The van der Waals surface area contributed by atoms with Crippen LogP contribution in [0.15, 0.2) is 36.4 Å². The van der Waals surface area contributed by atoms with Crippen LogP contribution >= 0.6 is 23.2 Å². The van der Waals surface area contributed by atoms with Gasteiger partial charge in [0.1, 0.15) is 17.1 Å². The zero-order valence-electron chi connectivity index (χ0n) is 9.53. The summed E-state index contributed by atoms with van der Waals surface area (Å²) < 4.78 is 19.2. The van der Waals surface area contributed by atoms with Gasteiger partial charge >= 0.3 is 0 Å². The summed E-state index contributed by atoms with van der Waals surface area (Å²) in [4.78, 5) is 3.98. The van der Waals surface area contributed by atoms with Crippen LogP contribution in [0.4, 0.5) is 4.39 Å². The largest absolute Gasteiger partial charge is 0.470 e. The van der Waals surface area contributed by atoms with Gasteiger partial charge in [-0.2, -0.15) is 0 Å². The summed E-state index contributed by atoms with van der Waals surface area (Å²) in [6.45, 7) is 1.73. The highest BCUT2D eigenvalue weighted by Gasteiger charge is 2.13. The molecule has 2 nitrogen and oxygen atoms in total. The molecule has 1 aromatic carbocycles. The number of nitrogens with zero attached hydrogens (tertiary/aromatic N) is 1. The van der Waals surface area contributed by atoms with E-state index in [4.69, 9.17) is 27.9 Å². The molecule has 0 saturated heterocycles. The molecular weight excluding hydrogens is 276 g/mol. The standard InChI is InChI=1S/C13H10Cl2FNO/c1-8(10-6-5-9(14)7-11(10)16)18-13-4-2-3-12(15)17-13/h2-8H,1H3. The lowest BCUT2D eigenvalue weighted by Crippen LogP contribution is -2.06. The summed E-state index contributed by atoms with van der Waals surface area (Å²) in [7, 11) is 0. The maximum atomic E-state index is 13.7. The van der Waals surface area contributed by atoms with Gasteiger partial charge in [-0.25, -0.2) is 9.37 Å². The predicted octanol–water partition coefficient (Wildman–Crippen LogP) is 4.67. The van der Waals surface area contributed by atoms with Gasteiger partial charge in [0.2, 0.25) is 5.88 Å². The maximum absolute atomic E-state index is 13.7. The lowest BCUT2D eigenvalue weighted by molar-refractivity contribution is 0.212. The van der Waals surface area contributed by atoms with Crippen LogP contribution in [0.3, 0.4) is 0 Å². The van der Waals surface area contributed by atoms with Crippen molar-refractivity contribution in [1.82, 2.24) is 4.98 Å². The fourth-order valence-electron chi connectivity index (χ4n) is 1.53. The molecular formula is C13H10Cl2FNO. The molecule has 1 unspecified atom stereocenters. The molecule has 1 aromatic heterocycles. The molecule has 1 atom stereocenters. The quantitative estimate of drug-likeness (QED) is 0.765. The second-order valence-electron chi connectivity index (χ2n) is 3.72. The van der Waals surface area contributed by atoms with E-state index in [1.807, 2.05) is 0 Å². The van der Waals surface area contributed by atoms with Crippen molar-refractivity contribution in [2.45, 2.75) is 13.0 Å². The Balaban J connectivity index is 2.19. The van der Waals surface area contributed by atoms with Crippen molar-refractivity contribution in [3.05, 3.63) is 58.0 Å². The van der Waals surface area contributed by atoms with Crippen molar-refractivity contribution in [2.75, 3.05) is 0 Å². The van der Waals surface area contributed by atoms with E-state index in [9.17, 15) is 4.39 Å². The minimum atomic E-state index is -0.478. The van der Waals surface area contributed by atoms with Crippen molar-refractivity contribution in [3.8, 4) is 5.88 Å². The number of halogens is 3. The molecule has 0 aliphatic rings. The van der Waals surface area contributed by atoms with Gasteiger partial charge in [0.15, 0.2) is 0 Å². The summed E-state index contributed by atoms with van der Waals surface area (Å²) in [5, 5.41) is 0.681. The Morgan fingerprint density at radius 3 is 2.67 bits per heavy atom. The van der Waals surface area contributed by atoms with Crippen LogP contribution in [0.5, 0.6) is 5.88 Å². The average Bonchev–Trinajstić information content (AvgIpc) is 2.28. The highest BCUT2D eigenvalue weighted by atomic mass is 35.5. The molecule has 0 aliphatic carbocycles. The molecule has 2 rings (SSSR count). The van der Waals surface area contributed by atoms with E-state index in [0.717, 1.165) is 0 Å². The minimum Gasteiger partial charge on any atom is -0.470 e. The molecule has 0 bridgehead atoms. The monoisotopic (exact) mass is 285 g/mol. The van der Waals surface area contributed by atoms with Crippen molar-refractivity contribution >= 4 is 23.2 Å². The Morgan fingerprint density at radius 2 is 2.00 bits per heavy atom. The highest BCUT2D eigenvalue weighted by molar-refractivity contribution is 6.30. The van der Waals surface area contributed by atoms with Crippen LogP contribution in [-0.2, 0) is 0 Å². The maximum Gasteiger partial charge on any atom is 0.215 e. The molecule has 0 N–H and O–H groups in total. The van der Waals surface area contributed by atoms with Crippen molar-refractivity contribution in [3.63, 3.8) is 0 Å². The number of rotatable bonds is 3. The first-order chi connectivity index (χ1) is 8.56. The molecule has 0 spiro atoms. The normalized spacial score (nSPS) is 12.2. The van der Waals surface area contributed by atoms with Gasteiger partial charge in [0, 0.05) is 16.7 Å². The van der Waals surface area contributed by atoms with Gasteiger partial charge in [0.05, 0.1) is 0 Å². The Hall–Kier alpha value is -1.32. The average molecular weight is 286 g/mol. The van der Waals surface area contributed by atoms with E-state index in [-0.39, 0.29) is 0 Å². The third-order valence-electron chi connectivity index (χ3n) is 2.39. The number of aromatic nitrogens is 1. The summed E-state index contributed by atoms with van der Waals surface area (Å²) in [6, 6.07) is 9.48. The third-order valence-corrected chi connectivity index (χ3v) is 2.83. The van der Waals surface area contributed by atoms with Gasteiger partial charge in [-0.05, 0) is 25.1 Å². The van der Waals surface area contributed by atoms with E-state index in [2.05, 4.69) is 4.98 Å². The zero-order chi connectivity index (χ0) is 13.1. The molecule has 1 heterocycles. The van der Waals surface area contributed by atoms with E-state index >= 15 is 0 Å². The van der Waals surface area contributed by atoms with Crippen LogP contribution in [0.25, 0.3) is 0 Å². The van der Waals surface area contributed by atoms with Crippen LogP contribution in [-0.4, -0.2) is 4.98 Å². The predicted molar refractivity (Wildman–Crippen MR) is 69.7 cm³/mol.